The van der Waals surface area contributed by atoms with Gasteiger partial charge in [-0.05, 0) is 41.6 Å². The van der Waals surface area contributed by atoms with Crippen LogP contribution in [-0.4, -0.2) is 9.55 Å². The summed E-state index contributed by atoms with van der Waals surface area (Å²) in [5, 5.41) is 0.857. The third-order valence-electron chi connectivity index (χ3n) is 4.54. The molecule has 1 aromatic carbocycles. The van der Waals surface area contributed by atoms with Gasteiger partial charge in [0.2, 0.25) is 0 Å². The van der Waals surface area contributed by atoms with Gasteiger partial charge in [-0.15, -0.1) is 0 Å². The van der Waals surface area contributed by atoms with Gasteiger partial charge >= 0.3 is 0 Å². The molecular weight excluding hydrogens is 317 g/mol. The van der Waals surface area contributed by atoms with Crippen molar-refractivity contribution in [3.8, 4) is 11.3 Å². The number of rotatable bonds is 1. The maximum absolute atomic E-state index is 14.5. The minimum atomic E-state index is -2.87. The third-order valence-corrected chi connectivity index (χ3v) is 4.54. The molecule has 2 heterocycles. The highest BCUT2D eigenvalue weighted by Gasteiger charge is 2.39. The summed E-state index contributed by atoms with van der Waals surface area (Å²) in [6, 6.07) is 5.94. The highest BCUT2D eigenvalue weighted by atomic mass is 19.3. The average molecular weight is 330 g/mol. The Balaban J connectivity index is 1.90. The van der Waals surface area contributed by atoms with Crippen LogP contribution in [0.1, 0.15) is 17.5 Å². The number of hydrogen-bond acceptors (Lipinski definition) is 2. The van der Waals surface area contributed by atoms with E-state index in [0.29, 0.717) is 16.6 Å². The van der Waals surface area contributed by atoms with Crippen LogP contribution >= 0.6 is 0 Å². The summed E-state index contributed by atoms with van der Waals surface area (Å²) in [7, 11) is 1.59. The fraction of sp³-hybridized carbons (Fsp3) is 0.222. The third kappa shape index (κ3) is 2.13. The first-order valence-corrected chi connectivity index (χ1v) is 7.53. The average Bonchev–Trinajstić information content (AvgIpc) is 2.86. The zero-order valence-corrected chi connectivity index (χ0v) is 12.8. The van der Waals surface area contributed by atoms with Crippen molar-refractivity contribution in [1.29, 1.82) is 0 Å². The van der Waals surface area contributed by atoms with Crippen LogP contribution < -0.4 is 5.56 Å². The Kier molecular flexibility index (Phi) is 3.07. The lowest BCUT2D eigenvalue weighted by Gasteiger charge is -2.11. The Hall–Kier alpha value is -2.63. The van der Waals surface area contributed by atoms with Crippen LogP contribution in [0.3, 0.4) is 0 Å². The van der Waals surface area contributed by atoms with E-state index in [2.05, 4.69) is 4.98 Å². The van der Waals surface area contributed by atoms with E-state index in [4.69, 9.17) is 0 Å². The number of pyridine rings is 2. The van der Waals surface area contributed by atoms with Gasteiger partial charge in [0.15, 0.2) is 0 Å². The Labute approximate surface area is 135 Å². The number of halogens is 3. The number of aryl methyl sites for hydroxylation is 2. The van der Waals surface area contributed by atoms with Crippen molar-refractivity contribution >= 4 is 10.8 Å². The zero-order chi connectivity index (χ0) is 17.1. The van der Waals surface area contributed by atoms with E-state index in [1.165, 1.54) is 22.8 Å². The van der Waals surface area contributed by atoms with Crippen LogP contribution in [0.4, 0.5) is 13.2 Å². The molecule has 1 aliphatic carbocycles. The molecule has 0 aliphatic heterocycles. The van der Waals surface area contributed by atoms with Crippen LogP contribution in [0, 0.1) is 5.82 Å². The molecule has 0 fully saturated rings. The molecule has 1 aliphatic rings. The summed E-state index contributed by atoms with van der Waals surface area (Å²) in [6.45, 7) is 0. The van der Waals surface area contributed by atoms with Gasteiger partial charge in [-0.1, -0.05) is 0 Å². The summed E-state index contributed by atoms with van der Waals surface area (Å²) in [4.78, 5) is 16.1. The van der Waals surface area contributed by atoms with Gasteiger partial charge < -0.3 is 4.57 Å². The molecule has 0 saturated carbocycles. The largest absolute Gasteiger partial charge is 0.318 e. The van der Waals surface area contributed by atoms with Crippen molar-refractivity contribution in [2.45, 2.75) is 18.8 Å². The second-order valence-electron chi connectivity index (χ2n) is 6.08. The standard InChI is InChI=1S/C18H13F3N2O/c1-23-5-3-10-6-13(15(19)8-12(10)17(23)24)16-7-11-2-4-18(20,21)14(11)9-22-16/h3,5-9H,2,4H2,1H3. The second kappa shape index (κ2) is 4.93. The zero-order valence-electron chi connectivity index (χ0n) is 12.8. The molecular formula is C18H13F3N2O. The minimum absolute atomic E-state index is 0.0821. The van der Waals surface area contributed by atoms with E-state index in [-0.39, 0.29) is 34.9 Å². The van der Waals surface area contributed by atoms with Gasteiger partial charge in [-0.25, -0.2) is 13.2 Å². The van der Waals surface area contributed by atoms with Gasteiger partial charge in [-0.3, -0.25) is 9.78 Å². The summed E-state index contributed by atoms with van der Waals surface area (Å²) in [6.07, 6.45) is 2.73. The molecule has 0 bridgehead atoms. The van der Waals surface area contributed by atoms with E-state index in [9.17, 15) is 18.0 Å². The predicted octanol–water partition coefficient (Wildman–Crippen LogP) is 3.78. The van der Waals surface area contributed by atoms with E-state index >= 15 is 0 Å². The Morgan fingerprint density at radius 1 is 1.25 bits per heavy atom. The van der Waals surface area contributed by atoms with Crippen LogP contribution in [0.25, 0.3) is 22.0 Å². The smallest absolute Gasteiger partial charge is 0.275 e. The lowest BCUT2D eigenvalue weighted by molar-refractivity contribution is -0.00210. The first kappa shape index (κ1) is 14.9. The molecule has 2 aromatic heterocycles. The van der Waals surface area contributed by atoms with Crippen molar-refractivity contribution in [2.24, 2.45) is 7.05 Å². The van der Waals surface area contributed by atoms with Gasteiger partial charge in [0.05, 0.1) is 11.1 Å². The molecule has 0 N–H and O–H groups in total. The monoisotopic (exact) mass is 330 g/mol. The summed E-state index contributed by atoms with van der Waals surface area (Å²) >= 11 is 0. The summed E-state index contributed by atoms with van der Waals surface area (Å²) < 4.78 is 43.2. The predicted molar refractivity (Wildman–Crippen MR) is 84.6 cm³/mol. The molecule has 6 heteroatoms. The first-order valence-electron chi connectivity index (χ1n) is 7.53. The van der Waals surface area contributed by atoms with Gasteiger partial charge in [0, 0.05) is 37.0 Å². The Morgan fingerprint density at radius 2 is 2.04 bits per heavy atom. The van der Waals surface area contributed by atoms with Gasteiger partial charge in [0.25, 0.3) is 11.5 Å². The highest BCUT2D eigenvalue weighted by molar-refractivity contribution is 5.86. The Morgan fingerprint density at radius 3 is 2.83 bits per heavy atom. The van der Waals surface area contributed by atoms with E-state index < -0.39 is 11.7 Å². The topological polar surface area (TPSA) is 34.9 Å². The van der Waals surface area contributed by atoms with Crippen molar-refractivity contribution in [3.05, 3.63) is 64.0 Å². The van der Waals surface area contributed by atoms with Crippen molar-refractivity contribution in [1.82, 2.24) is 9.55 Å². The molecule has 0 atom stereocenters. The summed E-state index contributed by atoms with van der Waals surface area (Å²) in [5.41, 5.74) is 0.620. The van der Waals surface area contributed by atoms with Crippen LogP contribution in [-0.2, 0) is 19.4 Å². The maximum Gasteiger partial charge on any atom is 0.275 e. The van der Waals surface area contributed by atoms with Crippen molar-refractivity contribution < 1.29 is 13.2 Å². The van der Waals surface area contributed by atoms with Gasteiger partial charge in [-0.2, -0.15) is 0 Å². The highest BCUT2D eigenvalue weighted by Crippen LogP contribution is 2.42. The molecule has 0 unspecified atom stereocenters. The SMILES string of the molecule is Cn1ccc2cc(-c3cc4c(cn3)C(F)(F)CC4)c(F)cc2c1=O. The fourth-order valence-electron chi connectivity index (χ4n) is 3.17. The maximum atomic E-state index is 14.5. The van der Waals surface area contributed by atoms with Crippen LogP contribution in [0.15, 0.2) is 41.5 Å². The molecule has 0 radical (unpaired) electrons. The first-order chi connectivity index (χ1) is 11.4. The molecule has 4 rings (SSSR count). The molecule has 0 amide bonds. The molecule has 0 spiro atoms. The van der Waals surface area contributed by atoms with E-state index in [1.54, 1.807) is 19.3 Å². The quantitative estimate of drug-likeness (QED) is 0.681. The Bertz CT molecular complexity index is 1040. The minimum Gasteiger partial charge on any atom is -0.318 e. The lowest BCUT2D eigenvalue weighted by atomic mass is 10.0. The number of aromatic nitrogens is 2. The normalized spacial score (nSPS) is 15.7. The van der Waals surface area contributed by atoms with Crippen LogP contribution in [0.5, 0.6) is 0 Å². The fourth-order valence-corrected chi connectivity index (χ4v) is 3.17. The van der Waals surface area contributed by atoms with Crippen molar-refractivity contribution in [2.75, 3.05) is 0 Å². The summed E-state index contributed by atoms with van der Waals surface area (Å²) in [5.74, 6) is -3.46. The molecule has 0 saturated heterocycles. The van der Waals surface area contributed by atoms with Gasteiger partial charge in [0.1, 0.15) is 5.82 Å². The number of alkyl halides is 2. The van der Waals surface area contributed by atoms with Crippen LogP contribution in [0.2, 0.25) is 0 Å². The molecule has 24 heavy (non-hydrogen) atoms. The number of hydrogen-bond donors (Lipinski definition) is 0. The molecule has 122 valence electrons. The van der Waals surface area contributed by atoms with E-state index in [0.717, 1.165) is 6.20 Å². The lowest BCUT2D eigenvalue weighted by Crippen LogP contribution is -2.15. The molecule has 3 nitrogen and oxygen atoms in total. The molecule has 3 aromatic rings. The number of nitrogens with zero attached hydrogens (tertiary/aromatic N) is 2. The number of benzene rings is 1. The van der Waals surface area contributed by atoms with E-state index in [1.807, 2.05) is 0 Å². The number of fused-ring (bicyclic) bond motifs is 2. The van der Waals surface area contributed by atoms with Crippen molar-refractivity contribution in [3.63, 3.8) is 0 Å². The second-order valence-corrected chi connectivity index (χ2v) is 6.08.